The number of ether oxygens (including phenoxy) is 1. The molecule has 0 aliphatic carbocycles. The molecule has 0 unspecified atom stereocenters. The lowest BCUT2D eigenvalue weighted by Gasteiger charge is -2.18. The van der Waals surface area contributed by atoms with Gasteiger partial charge in [0.2, 0.25) is 5.78 Å². The SMILES string of the molecule is CC(C)(C)OC(=O)C(=O)Cc1ccc(C[C@H](N)C(=O)O)cc1. The van der Waals surface area contributed by atoms with Gasteiger partial charge in [-0.1, -0.05) is 24.3 Å². The largest absolute Gasteiger partial charge is 0.480 e. The highest BCUT2D eigenvalue weighted by Crippen LogP contribution is 2.11. The van der Waals surface area contributed by atoms with Crippen LogP contribution < -0.4 is 5.73 Å². The highest BCUT2D eigenvalue weighted by Gasteiger charge is 2.22. The van der Waals surface area contributed by atoms with Gasteiger partial charge in [-0.15, -0.1) is 0 Å². The topological polar surface area (TPSA) is 107 Å². The van der Waals surface area contributed by atoms with Crippen molar-refractivity contribution in [2.45, 2.75) is 45.3 Å². The third-order valence-corrected chi connectivity index (χ3v) is 2.79. The number of aliphatic carboxylic acids is 1. The average molecular weight is 307 g/mol. The molecule has 22 heavy (non-hydrogen) atoms. The van der Waals surface area contributed by atoms with E-state index < -0.39 is 29.4 Å². The van der Waals surface area contributed by atoms with E-state index in [1.807, 2.05) is 0 Å². The summed E-state index contributed by atoms with van der Waals surface area (Å²) >= 11 is 0. The van der Waals surface area contributed by atoms with Crippen LogP contribution >= 0.6 is 0 Å². The number of carboxylic acids is 1. The number of nitrogens with two attached hydrogens (primary N) is 1. The fourth-order valence-electron chi connectivity index (χ4n) is 1.73. The van der Waals surface area contributed by atoms with Gasteiger partial charge in [-0.3, -0.25) is 9.59 Å². The lowest BCUT2D eigenvalue weighted by atomic mass is 10.0. The van der Waals surface area contributed by atoms with Gasteiger partial charge in [-0.2, -0.15) is 0 Å². The van der Waals surface area contributed by atoms with Gasteiger partial charge >= 0.3 is 11.9 Å². The summed E-state index contributed by atoms with van der Waals surface area (Å²) in [6.45, 7) is 5.08. The van der Waals surface area contributed by atoms with Gasteiger partial charge in [-0.05, 0) is 38.3 Å². The van der Waals surface area contributed by atoms with Crippen LogP contribution in [0.4, 0.5) is 0 Å². The molecule has 0 spiro atoms. The Morgan fingerprint density at radius 3 is 2.09 bits per heavy atom. The Morgan fingerprint density at radius 1 is 1.14 bits per heavy atom. The van der Waals surface area contributed by atoms with E-state index in [2.05, 4.69) is 0 Å². The molecule has 0 aliphatic heterocycles. The predicted molar refractivity (Wildman–Crippen MR) is 80.3 cm³/mol. The third-order valence-electron chi connectivity index (χ3n) is 2.79. The minimum atomic E-state index is -1.07. The quantitative estimate of drug-likeness (QED) is 0.602. The summed E-state index contributed by atoms with van der Waals surface area (Å²) in [7, 11) is 0. The van der Waals surface area contributed by atoms with Gasteiger partial charge in [0.15, 0.2) is 0 Å². The number of ketones is 1. The molecule has 0 saturated carbocycles. The number of carbonyl (C=O) groups excluding carboxylic acids is 2. The molecule has 0 aliphatic rings. The predicted octanol–water partition coefficient (Wildman–Crippen LogP) is 1.09. The minimum absolute atomic E-state index is 0.0554. The van der Waals surface area contributed by atoms with Crippen LogP contribution in [-0.4, -0.2) is 34.5 Å². The molecule has 0 bridgehead atoms. The maximum absolute atomic E-state index is 11.8. The van der Waals surface area contributed by atoms with E-state index >= 15 is 0 Å². The number of rotatable bonds is 6. The number of esters is 1. The molecular weight excluding hydrogens is 286 g/mol. The fraction of sp³-hybridized carbons (Fsp3) is 0.438. The molecular formula is C16H21NO5. The van der Waals surface area contributed by atoms with E-state index in [1.165, 1.54) is 0 Å². The summed E-state index contributed by atoms with van der Waals surface area (Å²) in [5.41, 5.74) is 6.16. The van der Waals surface area contributed by atoms with E-state index in [4.69, 9.17) is 15.6 Å². The monoisotopic (exact) mass is 307 g/mol. The number of Topliss-reactive ketones (excluding diaryl/α,β-unsaturated/α-hetero) is 1. The lowest BCUT2D eigenvalue weighted by Crippen LogP contribution is -2.32. The van der Waals surface area contributed by atoms with Crippen LogP contribution in [0.15, 0.2) is 24.3 Å². The van der Waals surface area contributed by atoms with Crippen LogP contribution in [-0.2, 0) is 32.0 Å². The molecule has 0 fully saturated rings. The van der Waals surface area contributed by atoms with E-state index in [9.17, 15) is 14.4 Å². The summed E-state index contributed by atoms with van der Waals surface area (Å²) in [6.07, 6.45) is 0.149. The van der Waals surface area contributed by atoms with Gasteiger partial charge in [0.1, 0.15) is 11.6 Å². The van der Waals surface area contributed by atoms with Gasteiger partial charge < -0.3 is 15.6 Å². The molecule has 6 nitrogen and oxygen atoms in total. The highest BCUT2D eigenvalue weighted by molar-refractivity contribution is 6.34. The standard InChI is InChI=1S/C16H21NO5/c1-16(2,3)22-15(21)13(18)9-11-6-4-10(5-7-11)8-12(17)14(19)20/h4-7,12H,8-9,17H2,1-3H3,(H,19,20)/t12-/m0/s1. The highest BCUT2D eigenvalue weighted by atomic mass is 16.6. The van der Waals surface area contributed by atoms with Gasteiger partial charge in [0.05, 0.1) is 0 Å². The molecule has 0 radical (unpaired) electrons. The molecule has 1 atom stereocenters. The molecule has 0 amide bonds. The number of hydrogen-bond acceptors (Lipinski definition) is 5. The van der Waals surface area contributed by atoms with E-state index in [0.29, 0.717) is 5.56 Å². The smallest absolute Gasteiger partial charge is 0.375 e. The van der Waals surface area contributed by atoms with Crippen molar-refractivity contribution in [1.82, 2.24) is 0 Å². The zero-order chi connectivity index (χ0) is 16.9. The number of carbonyl (C=O) groups is 3. The summed E-state index contributed by atoms with van der Waals surface area (Å²) in [4.78, 5) is 34.1. The van der Waals surface area contributed by atoms with E-state index in [0.717, 1.165) is 5.56 Å². The zero-order valence-electron chi connectivity index (χ0n) is 13.0. The second-order valence-electron chi connectivity index (χ2n) is 6.07. The third kappa shape index (κ3) is 6.05. The van der Waals surface area contributed by atoms with E-state index in [1.54, 1.807) is 45.0 Å². The normalized spacial score (nSPS) is 12.5. The average Bonchev–Trinajstić information content (AvgIpc) is 2.38. The summed E-state index contributed by atoms with van der Waals surface area (Å²) in [5, 5.41) is 8.75. The first-order valence-corrected chi connectivity index (χ1v) is 6.91. The van der Waals surface area contributed by atoms with Crippen molar-refractivity contribution in [1.29, 1.82) is 0 Å². The summed E-state index contributed by atoms with van der Waals surface area (Å²) in [5.74, 6) is -2.54. The van der Waals surface area contributed by atoms with E-state index in [-0.39, 0.29) is 12.8 Å². The van der Waals surface area contributed by atoms with Gasteiger partial charge in [-0.25, -0.2) is 4.79 Å². The first-order chi connectivity index (χ1) is 10.1. The number of carboxylic acid groups (broad SMARTS) is 1. The Labute approximate surface area is 129 Å². The van der Waals surface area contributed by atoms with Crippen LogP contribution in [0.3, 0.4) is 0 Å². The van der Waals surface area contributed by atoms with Crippen molar-refractivity contribution in [3.8, 4) is 0 Å². The lowest BCUT2D eigenvalue weighted by molar-refractivity contribution is -0.162. The van der Waals surface area contributed by atoms with Crippen molar-refractivity contribution >= 4 is 17.7 Å². The fourth-order valence-corrected chi connectivity index (χ4v) is 1.73. The number of benzene rings is 1. The van der Waals surface area contributed by atoms with Crippen molar-refractivity contribution in [2.24, 2.45) is 5.73 Å². The Balaban J connectivity index is 2.62. The Morgan fingerprint density at radius 2 is 1.64 bits per heavy atom. The summed E-state index contributed by atoms with van der Waals surface area (Å²) in [6, 6.07) is 5.77. The van der Waals surface area contributed by atoms with Crippen LogP contribution in [0.5, 0.6) is 0 Å². The Kier molecular flexibility index (Phi) is 5.82. The van der Waals surface area contributed by atoms with Crippen LogP contribution in [0.1, 0.15) is 31.9 Å². The second kappa shape index (κ2) is 7.17. The van der Waals surface area contributed by atoms with Crippen molar-refractivity contribution < 1.29 is 24.2 Å². The molecule has 0 saturated heterocycles. The van der Waals surface area contributed by atoms with Crippen LogP contribution in [0.2, 0.25) is 0 Å². The molecule has 0 heterocycles. The van der Waals surface area contributed by atoms with Crippen molar-refractivity contribution in [2.75, 3.05) is 0 Å². The molecule has 1 aromatic carbocycles. The maximum Gasteiger partial charge on any atom is 0.375 e. The Bertz CT molecular complexity index is 557. The van der Waals surface area contributed by atoms with Crippen molar-refractivity contribution in [3.63, 3.8) is 0 Å². The minimum Gasteiger partial charge on any atom is -0.480 e. The van der Waals surface area contributed by atoms with Crippen LogP contribution in [0.25, 0.3) is 0 Å². The number of hydrogen-bond donors (Lipinski definition) is 2. The molecule has 1 aromatic rings. The van der Waals surface area contributed by atoms with Crippen LogP contribution in [0, 0.1) is 0 Å². The molecule has 3 N–H and O–H groups in total. The molecule has 120 valence electrons. The maximum atomic E-state index is 11.8. The van der Waals surface area contributed by atoms with Gasteiger partial charge in [0, 0.05) is 6.42 Å². The Hall–Kier alpha value is -2.21. The molecule has 1 rings (SSSR count). The summed E-state index contributed by atoms with van der Waals surface area (Å²) < 4.78 is 5.00. The second-order valence-corrected chi connectivity index (χ2v) is 6.07. The first kappa shape index (κ1) is 17.8. The first-order valence-electron chi connectivity index (χ1n) is 6.91. The van der Waals surface area contributed by atoms with Crippen molar-refractivity contribution in [3.05, 3.63) is 35.4 Å². The van der Waals surface area contributed by atoms with Gasteiger partial charge in [0.25, 0.3) is 0 Å². The molecule has 0 aromatic heterocycles. The molecule has 6 heteroatoms. The zero-order valence-corrected chi connectivity index (χ0v) is 13.0.